The first-order valence-electron chi connectivity index (χ1n) is 9.63. The summed E-state index contributed by atoms with van der Waals surface area (Å²) >= 11 is 0. The summed E-state index contributed by atoms with van der Waals surface area (Å²) in [4.78, 5) is 37.8. The van der Waals surface area contributed by atoms with Crippen LogP contribution in [0.3, 0.4) is 0 Å². The smallest absolute Gasteiger partial charge is 0.321 e. The number of carbonyl (C=O) groups excluding carboxylic acids is 2. The van der Waals surface area contributed by atoms with E-state index in [0.29, 0.717) is 11.3 Å². The van der Waals surface area contributed by atoms with Gasteiger partial charge in [0.15, 0.2) is 0 Å². The van der Waals surface area contributed by atoms with E-state index < -0.39 is 35.8 Å². The Hall–Kier alpha value is -3.26. The molecule has 3 rings (SSSR count). The summed E-state index contributed by atoms with van der Waals surface area (Å²) in [7, 11) is 0. The van der Waals surface area contributed by atoms with Gasteiger partial charge in [-0.1, -0.05) is 36.4 Å². The van der Waals surface area contributed by atoms with Crippen LogP contribution in [-0.2, 0) is 14.4 Å². The van der Waals surface area contributed by atoms with E-state index in [1.807, 2.05) is 30.3 Å². The first kappa shape index (κ1) is 21.4. The standard InChI is InChI=1S/C22H24FN3O4/c1-13-8-9-16(10-17(13)23)25-20(28)12-26-19(22(29)30)11-18(24-14(2)27)21(26)15-6-4-3-5-7-15/h3-10,18-19,21H,11-12H2,1-2H3,(H,24,27)(H,25,28)(H,29,30)/t18-,19-,21-/m0/s1. The number of halogens is 1. The van der Waals surface area contributed by atoms with Gasteiger partial charge in [-0.2, -0.15) is 0 Å². The molecule has 0 saturated carbocycles. The second-order valence-corrected chi connectivity index (χ2v) is 7.44. The number of rotatable bonds is 6. The van der Waals surface area contributed by atoms with Crippen molar-refractivity contribution in [2.45, 2.75) is 38.4 Å². The number of carboxylic acids is 1. The number of anilines is 1. The molecule has 7 nitrogen and oxygen atoms in total. The Morgan fingerprint density at radius 1 is 1.17 bits per heavy atom. The lowest BCUT2D eigenvalue weighted by molar-refractivity contribution is -0.143. The van der Waals surface area contributed by atoms with Crippen LogP contribution in [0.25, 0.3) is 0 Å². The molecule has 0 aliphatic carbocycles. The zero-order chi connectivity index (χ0) is 21.8. The molecule has 1 fully saturated rings. The molecule has 0 aromatic heterocycles. The van der Waals surface area contributed by atoms with Crippen molar-refractivity contribution in [1.29, 1.82) is 0 Å². The van der Waals surface area contributed by atoms with Gasteiger partial charge in [0.25, 0.3) is 0 Å². The van der Waals surface area contributed by atoms with Gasteiger partial charge in [-0.05, 0) is 36.6 Å². The van der Waals surface area contributed by atoms with Gasteiger partial charge in [0.2, 0.25) is 11.8 Å². The summed E-state index contributed by atoms with van der Waals surface area (Å²) in [5.41, 5.74) is 1.55. The largest absolute Gasteiger partial charge is 0.480 e. The maximum Gasteiger partial charge on any atom is 0.321 e. The van der Waals surface area contributed by atoms with Crippen molar-refractivity contribution in [3.63, 3.8) is 0 Å². The summed E-state index contributed by atoms with van der Waals surface area (Å²) in [5, 5.41) is 15.2. The Labute approximate surface area is 173 Å². The van der Waals surface area contributed by atoms with Gasteiger partial charge in [0.05, 0.1) is 18.6 Å². The fourth-order valence-corrected chi connectivity index (χ4v) is 3.89. The normalized spacial score (nSPS) is 21.2. The second-order valence-electron chi connectivity index (χ2n) is 7.44. The van der Waals surface area contributed by atoms with Crippen LogP contribution in [0.2, 0.25) is 0 Å². The van der Waals surface area contributed by atoms with Crippen LogP contribution in [-0.4, -0.2) is 46.4 Å². The number of nitrogens with zero attached hydrogens (tertiary/aromatic N) is 1. The highest BCUT2D eigenvalue weighted by Gasteiger charge is 2.46. The van der Waals surface area contributed by atoms with E-state index in [4.69, 9.17) is 0 Å². The molecule has 0 bridgehead atoms. The van der Waals surface area contributed by atoms with Gasteiger partial charge in [-0.15, -0.1) is 0 Å². The molecule has 2 aromatic rings. The minimum Gasteiger partial charge on any atom is -0.480 e. The average Bonchev–Trinajstić information content (AvgIpc) is 3.02. The summed E-state index contributed by atoms with van der Waals surface area (Å²) in [6.07, 6.45) is 0.168. The highest BCUT2D eigenvalue weighted by atomic mass is 19.1. The number of hydrogen-bond donors (Lipinski definition) is 3. The van der Waals surface area contributed by atoms with Crippen molar-refractivity contribution >= 4 is 23.5 Å². The zero-order valence-corrected chi connectivity index (χ0v) is 16.8. The van der Waals surface area contributed by atoms with Crippen molar-refractivity contribution < 1.29 is 23.9 Å². The average molecular weight is 413 g/mol. The molecule has 2 amide bonds. The molecule has 1 aliphatic heterocycles. The Morgan fingerprint density at radius 2 is 1.87 bits per heavy atom. The number of nitrogens with one attached hydrogen (secondary N) is 2. The fraction of sp³-hybridized carbons (Fsp3) is 0.318. The predicted octanol–water partition coefficient (Wildman–Crippen LogP) is 2.48. The molecule has 2 aromatic carbocycles. The van der Waals surface area contributed by atoms with Crippen molar-refractivity contribution in [2.24, 2.45) is 0 Å². The van der Waals surface area contributed by atoms with Crippen molar-refractivity contribution in [3.8, 4) is 0 Å². The summed E-state index contributed by atoms with van der Waals surface area (Å²) < 4.78 is 13.8. The highest BCUT2D eigenvalue weighted by molar-refractivity contribution is 5.92. The SMILES string of the molecule is CC(=O)N[C@H]1C[C@@H](C(=O)O)N(CC(=O)Nc2ccc(C)c(F)c2)[C@H]1c1ccccc1. The zero-order valence-electron chi connectivity index (χ0n) is 16.8. The van der Waals surface area contributed by atoms with Crippen LogP contribution in [0.4, 0.5) is 10.1 Å². The topological polar surface area (TPSA) is 98.7 Å². The Kier molecular flexibility index (Phi) is 6.47. The van der Waals surface area contributed by atoms with Crippen LogP contribution in [0.5, 0.6) is 0 Å². The van der Waals surface area contributed by atoms with Gasteiger partial charge >= 0.3 is 5.97 Å². The summed E-state index contributed by atoms with van der Waals surface area (Å²) in [5.74, 6) is -2.25. The van der Waals surface area contributed by atoms with Gasteiger partial charge in [0.1, 0.15) is 11.9 Å². The minimum absolute atomic E-state index is 0.168. The molecule has 1 saturated heterocycles. The molecule has 1 aliphatic rings. The Morgan fingerprint density at radius 3 is 2.47 bits per heavy atom. The van der Waals surface area contributed by atoms with Gasteiger partial charge < -0.3 is 15.7 Å². The van der Waals surface area contributed by atoms with E-state index in [0.717, 1.165) is 5.56 Å². The fourth-order valence-electron chi connectivity index (χ4n) is 3.89. The van der Waals surface area contributed by atoms with Crippen LogP contribution in [0.1, 0.15) is 30.5 Å². The molecule has 0 unspecified atom stereocenters. The first-order chi connectivity index (χ1) is 14.3. The number of amides is 2. The van der Waals surface area contributed by atoms with Crippen LogP contribution in [0.15, 0.2) is 48.5 Å². The molecule has 1 heterocycles. The van der Waals surface area contributed by atoms with E-state index in [1.165, 1.54) is 13.0 Å². The number of benzene rings is 2. The van der Waals surface area contributed by atoms with Gasteiger partial charge in [-0.25, -0.2) is 4.39 Å². The van der Waals surface area contributed by atoms with Crippen molar-refractivity contribution in [3.05, 3.63) is 65.5 Å². The number of carboxylic acid groups (broad SMARTS) is 1. The van der Waals surface area contributed by atoms with E-state index in [-0.39, 0.29) is 18.9 Å². The molecule has 30 heavy (non-hydrogen) atoms. The molecule has 8 heteroatoms. The van der Waals surface area contributed by atoms with Crippen LogP contribution >= 0.6 is 0 Å². The molecular formula is C22H24FN3O4. The molecule has 3 atom stereocenters. The first-order valence-corrected chi connectivity index (χ1v) is 9.63. The third kappa shape index (κ3) is 4.83. The lowest BCUT2D eigenvalue weighted by atomic mass is 9.99. The Bertz CT molecular complexity index is 951. The van der Waals surface area contributed by atoms with Crippen LogP contribution < -0.4 is 10.6 Å². The third-order valence-corrected chi connectivity index (χ3v) is 5.21. The monoisotopic (exact) mass is 413 g/mol. The lowest BCUT2D eigenvalue weighted by Gasteiger charge is -2.30. The molecular weight excluding hydrogens is 389 g/mol. The summed E-state index contributed by atoms with van der Waals surface area (Å²) in [6.45, 7) is 2.77. The van der Waals surface area contributed by atoms with Gasteiger partial charge in [0, 0.05) is 12.6 Å². The van der Waals surface area contributed by atoms with E-state index in [9.17, 15) is 23.9 Å². The highest BCUT2D eigenvalue weighted by Crippen LogP contribution is 2.36. The molecule has 0 spiro atoms. The minimum atomic E-state index is -1.07. The Balaban J connectivity index is 1.86. The maximum absolute atomic E-state index is 13.8. The number of hydrogen-bond acceptors (Lipinski definition) is 4. The summed E-state index contributed by atoms with van der Waals surface area (Å²) in [6, 6.07) is 11.6. The number of likely N-dealkylation sites (tertiary alicyclic amines) is 1. The van der Waals surface area contributed by atoms with E-state index in [2.05, 4.69) is 10.6 Å². The van der Waals surface area contributed by atoms with E-state index in [1.54, 1.807) is 24.0 Å². The van der Waals surface area contributed by atoms with Crippen LogP contribution in [0, 0.1) is 12.7 Å². The van der Waals surface area contributed by atoms with Gasteiger partial charge in [-0.3, -0.25) is 19.3 Å². The second kappa shape index (κ2) is 9.04. The third-order valence-electron chi connectivity index (χ3n) is 5.21. The quantitative estimate of drug-likeness (QED) is 0.676. The van der Waals surface area contributed by atoms with E-state index >= 15 is 0 Å². The van der Waals surface area contributed by atoms with Crippen molar-refractivity contribution in [2.75, 3.05) is 11.9 Å². The van der Waals surface area contributed by atoms with Crippen molar-refractivity contribution in [1.82, 2.24) is 10.2 Å². The maximum atomic E-state index is 13.8. The number of carbonyl (C=O) groups is 3. The lowest BCUT2D eigenvalue weighted by Crippen LogP contribution is -2.44. The number of aryl methyl sites for hydroxylation is 1. The molecule has 158 valence electrons. The molecule has 3 N–H and O–H groups in total. The predicted molar refractivity (Wildman–Crippen MR) is 109 cm³/mol. The molecule has 0 radical (unpaired) electrons. The number of aliphatic carboxylic acids is 1.